The van der Waals surface area contributed by atoms with Gasteiger partial charge < -0.3 is 20.4 Å². The van der Waals surface area contributed by atoms with Crippen LogP contribution in [0.15, 0.2) is 0 Å². The smallest absolute Gasteiger partial charge is 0.239 e. The summed E-state index contributed by atoms with van der Waals surface area (Å²) in [5.74, 6) is 0.0819. The molecule has 0 radical (unpaired) electrons. The minimum Gasteiger partial charge on any atom is -0.393 e. The number of nitrogens with zero attached hydrogens (tertiary/aromatic N) is 1. The summed E-state index contributed by atoms with van der Waals surface area (Å²) >= 11 is 0. The van der Waals surface area contributed by atoms with Crippen LogP contribution in [0.2, 0.25) is 0 Å². The lowest BCUT2D eigenvalue weighted by atomic mass is 10.1. The molecule has 1 aliphatic heterocycles. The summed E-state index contributed by atoms with van der Waals surface area (Å²) in [5, 5.41) is 21.5. The van der Waals surface area contributed by atoms with Crippen molar-refractivity contribution in [3.05, 3.63) is 0 Å². The molecule has 100 valence electrons. The minimum atomic E-state index is -1.17. The van der Waals surface area contributed by atoms with Gasteiger partial charge in [0.2, 0.25) is 5.91 Å². The monoisotopic (exact) mass is 244 g/mol. The van der Waals surface area contributed by atoms with Gasteiger partial charge in [-0.3, -0.25) is 4.79 Å². The van der Waals surface area contributed by atoms with Gasteiger partial charge in [-0.05, 0) is 33.1 Å². The number of piperidine rings is 1. The number of amides is 1. The van der Waals surface area contributed by atoms with Crippen molar-refractivity contribution in [1.82, 2.24) is 10.2 Å². The van der Waals surface area contributed by atoms with Crippen LogP contribution in [0.1, 0.15) is 33.1 Å². The molecule has 17 heavy (non-hydrogen) atoms. The van der Waals surface area contributed by atoms with Crippen molar-refractivity contribution in [3.63, 3.8) is 0 Å². The first-order valence-corrected chi connectivity index (χ1v) is 6.32. The fourth-order valence-corrected chi connectivity index (χ4v) is 1.90. The van der Waals surface area contributed by atoms with Gasteiger partial charge in [0.05, 0.1) is 18.2 Å². The van der Waals surface area contributed by atoms with E-state index in [9.17, 15) is 9.90 Å². The van der Waals surface area contributed by atoms with Crippen molar-refractivity contribution in [3.8, 4) is 0 Å². The maximum Gasteiger partial charge on any atom is 0.239 e. The quantitative estimate of drug-likeness (QED) is 0.622. The highest BCUT2D eigenvalue weighted by Gasteiger charge is 2.25. The van der Waals surface area contributed by atoms with Gasteiger partial charge in [-0.15, -0.1) is 0 Å². The number of hydrogen-bond donors (Lipinski definition) is 3. The standard InChI is InChI=1S/C12H24N2O3/c1-10(13-8-12(2,17)9-15)11(16)14-6-4-3-5-7-14/h10,13,15,17H,3-9H2,1-2H3. The van der Waals surface area contributed by atoms with Crippen molar-refractivity contribution in [1.29, 1.82) is 0 Å². The lowest BCUT2D eigenvalue weighted by Gasteiger charge is -2.30. The lowest BCUT2D eigenvalue weighted by Crippen LogP contribution is -2.51. The second-order valence-electron chi connectivity index (χ2n) is 5.14. The van der Waals surface area contributed by atoms with Gasteiger partial charge in [0, 0.05) is 19.6 Å². The second kappa shape index (κ2) is 6.33. The highest BCUT2D eigenvalue weighted by atomic mass is 16.3. The van der Waals surface area contributed by atoms with Crippen LogP contribution in [0.25, 0.3) is 0 Å². The predicted octanol–water partition coefficient (Wildman–Crippen LogP) is -0.280. The Hall–Kier alpha value is -0.650. The van der Waals surface area contributed by atoms with Gasteiger partial charge in [0.1, 0.15) is 0 Å². The van der Waals surface area contributed by atoms with Crippen LogP contribution in [-0.4, -0.2) is 58.9 Å². The molecule has 0 bridgehead atoms. The van der Waals surface area contributed by atoms with E-state index >= 15 is 0 Å². The van der Waals surface area contributed by atoms with Gasteiger partial charge in [-0.2, -0.15) is 0 Å². The molecular weight excluding hydrogens is 220 g/mol. The SMILES string of the molecule is CC(NCC(C)(O)CO)C(=O)N1CCCCC1. The molecule has 0 aromatic carbocycles. The van der Waals surface area contributed by atoms with E-state index in [0.717, 1.165) is 25.9 Å². The Morgan fingerprint density at radius 1 is 1.41 bits per heavy atom. The molecule has 1 saturated heterocycles. The Bertz CT molecular complexity index is 250. The number of aliphatic hydroxyl groups excluding tert-OH is 1. The average molecular weight is 244 g/mol. The molecule has 1 heterocycles. The third-order valence-electron chi connectivity index (χ3n) is 3.17. The molecular formula is C12H24N2O3. The molecule has 0 spiro atoms. The van der Waals surface area contributed by atoms with E-state index in [0.29, 0.717) is 0 Å². The topological polar surface area (TPSA) is 72.8 Å². The zero-order valence-electron chi connectivity index (χ0n) is 10.8. The number of aliphatic hydroxyl groups is 2. The summed E-state index contributed by atoms with van der Waals surface area (Å²) < 4.78 is 0. The number of rotatable bonds is 5. The lowest BCUT2D eigenvalue weighted by molar-refractivity contribution is -0.134. The molecule has 5 heteroatoms. The van der Waals surface area contributed by atoms with Crippen LogP contribution in [-0.2, 0) is 4.79 Å². The second-order valence-corrected chi connectivity index (χ2v) is 5.14. The van der Waals surface area contributed by atoms with E-state index in [4.69, 9.17) is 5.11 Å². The summed E-state index contributed by atoms with van der Waals surface area (Å²) in [6, 6.07) is -0.314. The van der Waals surface area contributed by atoms with Gasteiger partial charge in [0.15, 0.2) is 0 Å². The first-order chi connectivity index (χ1) is 7.96. The van der Waals surface area contributed by atoms with Crippen LogP contribution < -0.4 is 5.32 Å². The third-order valence-corrected chi connectivity index (χ3v) is 3.17. The van der Waals surface area contributed by atoms with Crippen LogP contribution in [0.4, 0.5) is 0 Å². The van der Waals surface area contributed by atoms with Crippen molar-refractivity contribution < 1.29 is 15.0 Å². The molecule has 1 fully saturated rings. The highest BCUT2D eigenvalue weighted by Crippen LogP contribution is 2.10. The summed E-state index contributed by atoms with van der Waals surface area (Å²) in [7, 11) is 0. The maximum absolute atomic E-state index is 12.0. The molecule has 3 N–H and O–H groups in total. The average Bonchev–Trinajstić information content (AvgIpc) is 2.36. The Kier molecular flexibility index (Phi) is 5.36. The van der Waals surface area contributed by atoms with Crippen LogP contribution in [0.3, 0.4) is 0 Å². The van der Waals surface area contributed by atoms with Crippen molar-refractivity contribution in [2.75, 3.05) is 26.2 Å². The Morgan fingerprint density at radius 2 is 2.00 bits per heavy atom. The van der Waals surface area contributed by atoms with Crippen LogP contribution >= 0.6 is 0 Å². The summed E-state index contributed by atoms with van der Waals surface area (Å²) in [6.45, 7) is 4.90. The first-order valence-electron chi connectivity index (χ1n) is 6.32. The van der Waals surface area contributed by atoms with E-state index in [1.54, 1.807) is 6.92 Å². The fourth-order valence-electron chi connectivity index (χ4n) is 1.90. The largest absolute Gasteiger partial charge is 0.393 e. The molecule has 0 aromatic rings. The van der Waals surface area contributed by atoms with E-state index in [2.05, 4.69) is 5.32 Å². The number of carbonyl (C=O) groups is 1. The number of hydrogen-bond acceptors (Lipinski definition) is 4. The minimum absolute atomic E-state index is 0.0819. The predicted molar refractivity (Wildman–Crippen MR) is 65.6 cm³/mol. The zero-order valence-corrected chi connectivity index (χ0v) is 10.8. The van der Waals surface area contributed by atoms with Gasteiger partial charge in [0.25, 0.3) is 0 Å². The van der Waals surface area contributed by atoms with Crippen molar-refractivity contribution in [2.24, 2.45) is 0 Å². The molecule has 2 unspecified atom stereocenters. The van der Waals surface area contributed by atoms with Gasteiger partial charge in [-0.25, -0.2) is 0 Å². The van der Waals surface area contributed by atoms with E-state index in [1.807, 2.05) is 4.90 Å². The van der Waals surface area contributed by atoms with E-state index in [-0.39, 0.29) is 25.1 Å². The van der Waals surface area contributed by atoms with E-state index < -0.39 is 5.60 Å². The summed E-state index contributed by atoms with van der Waals surface area (Å²) in [4.78, 5) is 13.9. The summed E-state index contributed by atoms with van der Waals surface area (Å²) in [6.07, 6.45) is 3.35. The van der Waals surface area contributed by atoms with Gasteiger partial charge in [-0.1, -0.05) is 0 Å². The fraction of sp³-hybridized carbons (Fsp3) is 0.917. The Morgan fingerprint density at radius 3 is 2.53 bits per heavy atom. The maximum atomic E-state index is 12.0. The number of nitrogens with one attached hydrogen (secondary N) is 1. The number of carbonyl (C=O) groups excluding carboxylic acids is 1. The Balaban J connectivity index is 2.36. The molecule has 1 rings (SSSR count). The first kappa shape index (κ1) is 14.4. The molecule has 2 atom stereocenters. The molecule has 5 nitrogen and oxygen atoms in total. The summed E-state index contributed by atoms with van der Waals surface area (Å²) in [5.41, 5.74) is -1.17. The normalized spacial score (nSPS) is 22.0. The Labute approximate surface area is 103 Å². The number of likely N-dealkylation sites (tertiary alicyclic amines) is 1. The van der Waals surface area contributed by atoms with Crippen molar-refractivity contribution in [2.45, 2.75) is 44.8 Å². The molecule has 0 saturated carbocycles. The van der Waals surface area contributed by atoms with E-state index in [1.165, 1.54) is 13.3 Å². The molecule has 1 aliphatic rings. The van der Waals surface area contributed by atoms with Crippen LogP contribution in [0, 0.1) is 0 Å². The zero-order chi connectivity index (χ0) is 12.9. The molecule has 0 aromatic heterocycles. The highest BCUT2D eigenvalue weighted by molar-refractivity contribution is 5.81. The molecule has 0 aliphatic carbocycles. The van der Waals surface area contributed by atoms with Crippen molar-refractivity contribution >= 4 is 5.91 Å². The third kappa shape index (κ3) is 4.61. The molecule has 1 amide bonds. The van der Waals surface area contributed by atoms with Gasteiger partial charge >= 0.3 is 0 Å². The van der Waals surface area contributed by atoms with Crippen LogP contribution in [0.5, 0.6) is 0 Å².